The Balaban J connectivity index is 1.54. The van der Waals surface area contributed by atoms with E-state index in [1.807, 2.05) is 21.6 Å². The summed E-state index contributed by atoms with van der Waals surface area (Å²) in [6.45, 7) is 4.35. The smallest absolute Gasteiger partial charge is 0.261 e. The van der Waals surface area contributed by atoms with Crippen molar-refractivity contribution in [3.8, 4) is 5.75 Å². The second-order valence-corrected chi connectivity index (χ2v) is 8.96. The van der Waals surface area contributed by atoms with E-state index in [-0.39, 0.29) is 23.3 Å². The lowest BCUT2D eigenvalue weighted by molar-refractivity contribution is -0.138. The molecular formula is C20H27ClN2O3S. The highest BCUT2D eigenvalue weighted by atomic mass is 35.5. The van der Waals surface area contributed by atoms with E-state index in [2.05, 4.69) is 6.92 Å². The van der Waals surface area contributed by atoms with Crippen LogP contribution in [0.1, 0.15) is 39.0 Å². The van der Waals surface area contributed by atoms with E-state index in [4.69, 9.17) is 16.3 Å². The molecule has 1 aromatic carbocycles. The van der Waals surface area contributed by atoms with Crippen LogP contribution in [0.25, 0.3) is 0 Å². The first-order valence-electron chi connectivity index (χ1n) is 9.65. The number of rotatable bonds is 6. The number of unbranched alkanes of at least 4 members (excludes halogenated alkanes) is 1. The van der Waals surface area contributed by atoms with Gasteiger partial charge < -0.3 is 14.5 Å². The average Bonchev–Trinajstić information content (AvgIpc) is 3.09. The number of thioether (sulfide) groups is 1. The van der Waals surface area contributed by atoms with Crippen LogP contribution in [0.4, 0.5) is 0 Å². The van der Waals surface area contributed by atoms with Crippen molar-refractivity contribution in [2.45, 2.75) is 43.9 Å². The van der Waals surface area contributed by atoms with Crippen LogP contribution in [0, 0.1) is 0 Å². The number of nitrogens with zero attached hydrogens (tertiary/aromatic N) is 2. The number of hydrogen-bond acceptors (Lipinski definition) is 4. The van der Waals surface area contributed by atoms with Crippen LogP contribution in [-0.4, -0.2) is 58.5 Å². The van der Waals surface area contributed by atoms with Gasteiger partial charge >= 0.3 is 0 Å². The zero-order valence-electron chi connectivity index (χ0n) is 15.8. The van der Waals surface area contributed by atoms with Gasteiger partial charge in [0, 0.05) is 36.8 Å². The molecule has 2 aliphatic rings. The molecule has 7 heteroatoms. The summed E-state index contributed by atoms with van der Waals surface area (Å²) in [5.74, 6) is 1.85. The molecule has 0 atom stereocenters. The Labute approximate surface area is 170 Å². The Hall–Kier alpha value is -1.40. The van der Waals surface area contributed by atoms with Gasteiger partial charge in [0.05, 0.1) is 4.87 Å². The van der Waals surface area contributed by atoms with Crippen molar-refractivity contribution in [1.29, 1.82) is 0 Å². The molecule has 27 heavy (non-hydrogen) atoms. The molecule has 2 amide bonds. The monoisotopic (exact) mass is 410 g/mol. The van der Waals surface area contributed by atoms with Crippen LogP contribution in [0.5, 0.6) is 5.75 Å². The molecule has 2 fully saturated rings. The molecular weight excluding hydrogens is 384 g/mol. The number of carbonyl (C=O) groups excluding carboxylic acids is 2. The molecule has 0 radical (unpaired) electrons. The van der Waals surface area contributed by atoms with Gasteiger partial charge in [-0.15, -0.1) is 11.8 Å². The van der Waals surface area contributed by atoms with Gasteiger partial charge in [0.15, 0.2) is 6.61 Å². The van der Waals surface area contributed by atoms with Crippen molar-refractivity contribution in [3.63, 3.8) is 0 Å². The molecule has 2 saturated heterocycles. The molecule has 2 aliphatic heterocycles. The van der Waals surface area contributed by atoms with E-state index in [9.17, 15) is 9.59 Å². The van der Waals surface area contributed by atoms with Gasteiger partial charge in [0.1, 0.15) is 5.75 Å². The summed E-state index contributed by atoms with van der Waals surface area (Å²) in [6.07, 6.45) is 4.29. The SMILES string of the molecule is CCCCC(=O)N1CCC2(CC1)SCCN2C(=O)COc1ccc(Cl)cc1. The fraction of sp³-hybridized carbons (Fsp3) is 0.600. The minimum atomic E-state index is -0.179. The average molecular weight is 411 g/mol. The maximum absolute atomic E-state index is 12.8. The van der Waals surface area contributed by atoms with E-state index in [1.54, 1.807) is 24.3 Å². The van der Waals surface area contributed by atoms with Crippen molar-refractivity contribution in [3.05, 3.63) is 29.3 Å². The second kappa shape index (κ2) is 9.20. The quantitative estimate of drug-likeness (QED) is 0.715. The normalized spacial score (nSPS) is 18.7. The summed E-state index contributed by atoms with van der Waals surface area (Å²) in [7, 11) is 0. The van der Waals surface area contributed by atoms with Crippen LogP contribution >= 0.6 is 23.4 Å². The Morgan fingerprint density at radius 3 is 2.52 bits per heavy atom. The Morgan fingerprint density at radius 1 is 1.15 bits per heavy atom. The van der Waals surface area contributed by atoms with Gasteiger partial charge in [-0.1, -0.05) is 24.9 Å². The highest BCUT2D eigenvalue weighted by Gasteiger charge is 2.46. The van der Waals surface area contributed by atoms with Gasteiger partial charge in [-0.2, -0.15) is 0 Å². The molecule has 0 aromatic heterocycles. The van der Waals surface area contributed by atoms with Gasteiger partial charge in [-0.05, 0) is 43.5 Å². The second-order valence-electron chi connectivity index (χ2n) is 7.07. The number of benzene rings is 1. The summed E-state index contributed by atoms with van der Waals surface area (Å²) in [4.78, 5) is 28.8. The zero-order valence-corrected chi connectivity index (χ0v) is 17.4. The summed E-state index contributed by atoms with van der Waals surface area (Å²) in [5.41, 5.74) is 0. The fourth-order valence-electron chi connectivity index (χ4n) is 3.72. The summed E-state index contributed by atoms with van der Waals surface area (Å²) in [6, 6.07) is 7.04. The fourth-order valence-corrected chi connectivity index (χ4v) is 5.32. The number of amides is 2. The molecule has 0 unspecified atom stereocenters. The number of hydrogen-bond donors (Lipinski definition) is 0. The number of ether oxygens (including phenoxy) is 1. The van der Waals surface area contributed by atoms with Crippen molar-refractivity contribution in [2.75, 3.05) is 32.0 Å². The molecule has 0 N–H and O–H groups in total. The maximum Gasteiger partial charge on any atom is 0.261 e. The molecule has 3 rings (SSSR count). The van der Waals surface area contributed by atoms with Crippen LogP contribution in [0.3, 0.4) is 0 Å². The lowest BCUT2D eigenvalue weighted by Crippen LogP contribution is -2.54. The van der Waals surface area contributed by atoms with Crippen molar-refractivity contribution < 1.29 is 14.3 Å². The van der Waals surface area contributed by atoms with Crippen LogP contribution < -0.4 is 4.74 Å². The van der Waals surface area contributed by atoms with Gasteiger partial charge in [0.25, 0.3) is 5.91 Å². The Bertz CT molecular complexity index is 660. The number of likely N-dealkylation sites (tertiary alicyclic amines) is 1. The number of carbonyl (C=O) groups is 2. The van der Waals surface area contributed by atoms with E-state index in [0.29, 0.717) is 17.2 Å². The van der Waals surface area contributed by atoms with Crippen LogP contribution in [0.2, 0.25) is 5.02 Å². The van der Waals surface area contributed by atoms with Crippen molar-refractivity contribution in [1.82, 2.24) is 9.80 Å². The molecule has 1 spiro atoms. The van der Waals surface area contributed by atoms with E-state index >= 15 is 0 Å². The lowest BCUT2D eigenvalue weighted by atomic mass is 10.0. The van der Waals surface area contributed by atoms with E-state index in [1.165, 1.54) is 0 Å². The Morgan fingerprint density at radius 2 is 1.85 bits per heavy atom. The molecule has 0 aliphatic carbocycles. The summed E-state index contributed by atoms with van der Waals surface area (Å²) in [5, 5.41) is 0.642. The first-order chi connectivity index (χ1) is 13.0. The largest absolute Gasteiger partial charge is 0.484 e. The number of halogens is 1. The molecule has 2 heterocycles. The molecule has 5 nitrogen and oxygen atoms in total. The highest BCUT2D eigenvalue weighted by Crippen LogP contribution is 2.44. The Kier molecular flexibility index (Phi) is 6.93. The third kappa shape index (κ3) is 4.91. The van der Waals surface area contributed by atoms with Gasteiger partial charge in [0.2, 0.25) is 5.91 Å². The van der Waals surface area contributed by atoms with Crippen LogP contribution in [-0.2, 0) is 9.59 Å². The minimum absolute atomic E-state index is 0.0145. The van der Waals surface area contributed by atoms with Crippen molar-refractivity contribution >= 4 is 35.2 Å². The van der Waals surface area contributed by atoms with Gasteiger partial charge in [-0.3, -0.25) is 9.59 Å². The molecule has 0 bridgehead atoms. The standard InChI is InChI=1S/C20H27ClN2O3S/c1-2-3-4-18(24)22-11-9-20(10-12-22)23(13-14-27-20)19(25)15-26-17-7-5-16(21)6-8-17/h5-8H,2-4,9-15H2,1H3. The zero-order chi connectivity index (χ0) is 19.3. The first-order valence-corrected chi connectivity index (χ1v) is 11.0. The van der Waals surface area contributed by atoms with Crippen molar-refractivity contribution in [2.24, 2.45) is 0 Å². The highest BCUT2D eigenvalue weighted by molar-refractivity contribution is 8.00. The molecule has 1 aromatic rings. The summed E-state index contributed by atoms with van der Waals surface area (Å²) < 4.78 is 5.65. The maximum atomic E-state index is 12.8. The topological polar surface area (TPSA) is 49.9 Å². The molecule has 148 valence electrons. The minimum Gasteiger partial charge on any atom is -0.484 e. The predicted octanol–water partition coefficient (Wildman–Crippen LogP) is 3.80. The predicted molar refractivity (Wildman–Crippen MR) is 109 cm³/mol. The molecule has 0 saturated carbocycles. The first kappa shape index (κ1) is 20.3. The van der Waals surface area contributed by atoms with E-state index < -0.39 is 0 Å². The third-order valence-corrected chi connectivity index (χ3v) is 7.10. The third-order valence-electron chi connectivity index (χ3n) is 5.30. The summed E-state index contributed by atoms with van der Waals surface area (Å²) >= 11 is 7.73. The van der Waals surface area contributed by atoms with Gasteiger partial charge in [-0.25, -0.2) is 0 Å². The lowest BCUT2D eigenvalue weighted by Gasteiger charge is -2.44. The van der Waals surface area contributed by atoms with Crippen LogP contribution in [0.15, 0.2) is 24.3 Å². The number of piperidine rings is 1. The van der Waals surface area contributed by atoms with E-state index in [0.717, 1.165) is 51.1 Å².